The van der Waals surface area contributed by atoms with E-state index in [2.05, 4.69) is 5.32 Å². The van der Waals surface area contributed by atoms with Crippen LogP contribution in [0.1, 0.15) is 55.3 Å². The summed E-state index contributed by atoms with van der Waals surface area (Å²) in [6.07, 6.45) is 6.92. The highest BCUT2D eigenvalue weighted by molar-refractivity contribution is 5.94. The molecule has 1 N–H and O–H groups in total. The van der Waals surface area contributed by atoms with Gasteiger partial charge in [-0.25, -0.2) is 0 Å². The van der Waals surface area contributed by atoms with E-state index in [0.717, 1.165) is 51.7 Å². The summed E-state index contributed by atoms with van der Waals surface area (Å²) in [6.45, 7) is 2.16. The van der Waals surface area contributed by atoms with Gasteiger partial charge >= 0.3 is 0 Å². The maximum absolute atomic E-state index is 12.6. The second-order valence-corrected chi connectivity index (χ2v) is 6.99. The molecular formula is C20H28N2O3. The molecule has 0 aromatic heterocycles. The van der Waals surface area contributed by atoms with Gasteiger partial charge in [0.15, 0.2) is 0 Å². The number of hydrogen-bond acceptors (Lipinski definition) is 3. The van der Waals surface area contributed by atoms with Gasteiger partial charge in [0.25, 0.3) is 5.91 Å². The van der Waals surface area contributed by atoms with Crippen LogP contribution in [-0.2, 0) is 9.53 Å². The van der Waals surface area contributed by atoms with Gasteiger partial charge in [-0.05, 0) is 50.7 Å². The minimum absolute atomic E-state index is 0.0714. The molecular weight excluding hydrogens is 316 g/mol. The third kappa shape index (κ3) is 5.05. The van der Waals surface area contributed by atoms with Crippen molar-refractivity contribution in [3.8, 4) is 0 Å². The van der Waals surface area contributed by atoms with E-state index in [1.54, 1.807) is 12.1 Å². The Morgan fingerprint density at radius 3 is 2.72 bits per heavy atom. The normalized spacial score (nSPS) is 23.4. The first kappa shape index (κ1) is 17.9. The average Bonchev–Trinajstić information content (AvgIpc) is 3.19. The van der Waals surface area contributed by atoms with E-state index < -0.39 is 0 Å². The smallest absolute Gasteiger partial charge is 0.251 e. The molecule has 1 aromatic carbocycles. The van der Waals surface area contributed by atoms with Crippen LogP contribution in [0.25, 0.3) is 0 Å². The minimum Gasteiger partial charge on any atom is -0.378 e. The van der Waals surface area contributed by atoms with Gasteiger partial charge in [-0.15, -0.1) is 0 Å². The maximum Gasteiger partial charge on any atom is 0.251 e. The molecule has 0 aliphatic carbocycles. The number of carbonyl (C=O) groups excluding carboxylic acids is 2. The number of nitrogens with one attached hydrogen (secondary N) is 1. The fraction of sp³-hybridized carbons (Fsp3) is 0.600. The van der Waals surface area contributed by atoms with Crippen LogP contribution in [0.4, 0.5) is 0 Å². The van der Waals surface area contributed by atoms with Crippen LogP contribution in [0, 0.1) is 0 Å². The van der Waals surface area contributed by atoms with Gasteiger partial charge in [0.05, 0.1) is 6.10 Å². The molecule has 5 heteroatoms. The standard InChI is InChI=1S/C20H28N2O3/c23-19(12-11-18-10-6-14-25-18)22-13-5-4-9-17(22)15-21-20(24)16-7-2-1-3-8-16/h1-3,7-8,17-18H,4-6,9-15H2,(H,21,24)/t17-,18+/m0/s1. The van der Waals surface area contributed by atoms with Gasteiger partial charge in [0, 0.05) is 37.7 Å². The zero-order chi connectivity index (χ0) is 17.5. The summed E-state index contributed by atoms with van der Waals surface area (Å²) >= 11 is 0. The van der Waals surface area contributed by atoms with Crippen LogP contribution in [0.15, 0.2) is 30.3 Å². The molecule has 5 nitrogen and oxygen atoms in total. The van der Waals surface area contributed by atoms with Crippen molar-refractivity contribution in [3.05, 3.63) is 35.9 Å². The van der Waals surface area contributed by atoms with Crippen molar-refractivity contribution in [3.63, 3.8) is 0 Å². The molecule has 136 valence electrons. The minimum atomic E-state index is -0.0714. The predicted octanol–water partition coefficient (Wildman–Crippen LogP) is 2.76. The molecule has 2 fully saturated rings. The van der Waals surface area contributed by atoms with Crippen LogP contribution < -0.4 is 5.32 Å². The first-order valence-electron chi connectivity index (χ1n) is 9.48. The second-order valence-electron chi connectivity index (χ2n) is 6.99. The molecule has 0 bridgehead atoms. The molecule has 2 heterocycles. The Kier molecular flexibility index (Phi) is 6.45. The summed E-state index contributed by atoms with van der Waals surface area (Å²) < 4.78 is 5.62. The van der Waals surface area contributed by atoms with Crippen molar-refractivity contribution in [1.29, 1.82) is 0 Å². The Labute approximate surface area is 149 Å². The number of nitrogens with zero attached hydrogens (tertiary/aromatic N) is 1. The molecule has 25 heavy (non-hydrogen) atoms. The monoisotopic (exact) mass is 344 g/mol. The maximum atomic E-state index is 12.6. The van der Waals surface area contributed by atoms with Crippen molar-refractivity contribution in [2.75, 3.05) is 19.7 Å². The third-order valence-electron chi connectivity index (χ3n) is 5.19. The van der Waals surface area contributed by atoms with Crippen LogP contribution in [0.5, 0.6) is 0 Å². The van der Waals surface area contributed by atoms with Gasteiger partial charge in [0.1, 0.15) is 0 Å². The number of carbonyl (C=O) groups is 2. The molecule has 0 unspecified atom stereocenters. The first-order chi connectivity index (χ1) is 12.2. The van der Waals surface area contributed by atoms with Crippen LogP contribution in [-0.4, -0.2) is 48.6 Å². The van der Waals surface area contributed by atoms with Crippen molar-refractivity contribution < 1.29 is 14.3 Å². The fourth-order valence-electron chi connectivity index (χ4n) is 3.74. The molecule has 2 aliphatic rings. The lowest BCUT2D eigenvalue weighted by Gasteiger charge is -2.36. The molecule has 1 aromatic rings. The summed E-state index contributed by atoms with van der Waals surface area (Å²) in [5, 5.41) is 2.99. The highest BCUT2D eigenvalue weighted by atomic mass is 16.5. The Morgan fingerprint density at radius 2 is 1.96 bits per heavy atom. The summed E-state index contributed by atoms with van der Waals surface area (Å²) in [5.41, 5.74) is 0.662. The molecule has 2 saturated heterocycles. The van der Waals surface area contributed by atoms with E-state index >= 15 is 0 Å². The van der Waals surface area contributed by atoms with Gasteiger partial charge in [0.2, 0.25) is 5.91 Å². The van der Waals surface area contributed by atoms with E-state index in [0.29, 0.717) is 18.5 Å². The first-order valence-corrected chi connectivity index (χ1v) is 9.48. The number of amides is 2. The predicted molar refractivity (Wildman–Crippen MR) is 96.3 cm³/mol. The lowest BCUT2D eigenvalue weighted by molar-refractivity contribution is -0.135. The Morgan fingerprint density at radius 1 is 1.12 bits per heavy atom. The van der Waals surface area contributed by atoms with Crippen molar-refractivity contribution in [1.82, 2.24) is 10.2 Å². The second kappa shape index (κ2) is 8.99. The summed E-state index contributed by atoms with van der Waals surface area (Å²) in [4.78, 5) is 26.8. The van der Waals surface area contributed by atoms with E-state index in [1.807, 2.05) is 23.1 Å². The third-order valence-corrected chi connectivity index (χ3v) is 5.19. The number of hydrogen-bond donors (Lipinski definition) is 1. The Balaban J connectivity index is 1.49. The molecule has 2 aliphatic heterocycles. The van der Waals surface area contributed by atoms with E-state index in [-0.39, 0.29) is 24.0 Å². The number of likely N-dealkylation sites (tertiary alicyclic amines) is 1. The molecule has 0 spiro atoms. The quantitative estimate of drug-likeness (QED) is 0.863. The molecule has 3 rings (SSSR count). The largest absolute Gasteiger partial charge is 0.378 e. The number of benzene rings is 1. The lowest BCUT2D eigenvalue weighted by Crippen LogP contribution is -2.49. The zero-order valence-electron chi connectivity index (χ0n) is 14.8. The number of ether oxygens (including phenoxy) is 1. The van der Waals surface area contributed by atoms with Crippen LogP contribution in [0.3, 0.4) is 0 Å². The highest BCUT2D eigenvalue weighted by Gasteiger charge is 2.27. The summed E-state index contributed by atoms with van der Waals surface area (Å²) in [6, 6.07) is 9.33. The van der Waals surface area contributed by atoms with E-state index in [4.69, 9.17) is 4.74 Å². The number of rotatable bonds is 6. The van der Waals surface area contributed by atoms with Gasteiger partial charge in [-0.3, -0.25) is 9.59 Å². The van der Waals surface area contributed by atoms with Crippen molar-refractivity contribution in [2.24, 2.45) is 0 Å². The van der Waals surface area contributed by atoms with Gasteiger partial charge in [-0.1, -0.05) is 18.2 Å². The van der Waals surface area contributed by atoms with E-state index in [1.165, 1.54) is 0 Å². The Bertz CT molecular complexity index is 570. The van der Waals surface area contributed by atoms with Crippen molar-refractivity contribution >= 4 is 11.8 Å². The molecule has 0 radical (unpaired) electrons. The van der Waals surface area contributed by atoms with E-state index in [9.17, 15) is 9.59 Å². The number of piperidine rings is 1. The van der Waals surface area contributed by atoms with Crippen LogP contribution >= 0.6 is 0 Å². The van der Waals surface area contributed by atoms with Crippen LogP contribution in [0.2, 0.25) is 0 Å². The highest BCUT2D eigenvalue weighted by Crippen LogP contribution is 2.21. The molecule has 0 saturated carbocycles. The molecule has 2 atom stereocenters. The summed E-state index contributed by atoms with van der Waals surface area (Å²) in [7, 11) is 0. The fourth-order valence-corrected chi connectivity index (χ4v) is 3.74. The van der Waals surface area contributed by atoms with Gasteiger partial charge < -0.3 is 15.0 Å². The Hall–Kier alpha value is -1.88. The average molecular weight is 344 g/mol. The molecule has 2 amide bonds. The zero-order valence-corrected chi connectivity index (χ0v) is 14.8. The van der Waals surface area contributed by atoms with Gasteiger partial charge in [-0.2, -0.15) is 0 Å². The van der Waals surface area contributed by atoms with Crippen molar-refractivity contribution in [2.45, 2.75) is 57.1 Å². The lowest BCUT2D eigenvalue weighted by atomic mass is 10.0. The summed E-state index contributed by atoms with van der Waals surface area (Å²) in [5.74, 6) is 0.132. The topological polar surface area (TPSA) is 58.6 Å². The SMILES string of the molecule is O=C(NC[C@@H]1CCCCN1C(=O)CC[C@H]1CCCO1)c1ccccc1.